The van der Waals surface area contributed by atoms with Crippen LogP contribution >= 0.6 is 23.4 Å². The first kappa shape index (κ1) is 14.7. The molecule has 2 aliphatic heterocycles. The lowest BCUT2D eigenvalue weighted by Gasteiger charge is -2.18. The summed E-state index contributed by atoms with van der Waals surface area (Å²) in [6, 6.07) is 6.54. The van der Waals surface area contributed by atoms with Gasteiger partial charge in [0.15, 0.2) is 0 Å². The number of anilines is 1. The van der Waals surface area contributed by atoms with Gasteiger partial charge in [0.05, 0.1) is 6.04 Å². The normalized spacial score (nSPS) is 25.4. The third-order valence-electron chi connectivity index (χ3n) is 3.69. The Labute approximate surface area is 132 Å². The quantitative estimate of drug-likeness (QED) is 0.877. The minimum Gasteiger partial charge on any atom is -0.343 e. The Kier molecular flexibility index (Phi) is 4.37. The predicted octanol–water partition coefficient (Wildman–Crippen LogP) is 1.22. The number of carbonyl (C=O) groups is 2. The number of halogens is 1. The summed E-state index contributed by atoms with van der Waals surface area (Å²) in [6.45, 7) is 0.609. The van der Waals surface area contributed by atoms with Crippen LogP contribution < -0.4 is 15.5 Å². The monoisotopic (exact) mass is 325 g/mol. The molecule has 5 nitrogen and oxygen atoms in total. The molecule has 7 heteroatoms. The molecule has 0 aromatic heterocycles. The minimum absolute atomic E-state index is 0.0590. The van der Waals surface area contributed by atoms with Crippen LogP contribution in [0.2, 0.25) is 5.02 Å². The Bertz CT molecular complexity index is 546. The first-order chi connectivity index (χ1) is 10.1. The Balaban J connectivity index is 1.63. The molecule has 0 spiro atoms. The van der Waals surface area contributed by atoms with E-state index < -0.39 is 6.04 Å². The zero-order chi connectivity index (χ0) is 14.8. The maximum absolute atomic E-state index is 12.4. The summed E-state index contributed by atoms with van der Waals surface area (Å²) >= 11 is 7.54. The molecule has 2 aliphatic rings. The third kappa shape index (κ3) is 3.17. The van der Waals surface area contributed by atoms with E-state index in [1.165, 1.54) is 0 Å². The fourth-order valence-electron chi connectivity index (χ4n) is 2.53. The van der Waals surface area contributed by atoms with Gasteiger partial charge < -0.3 is 10.2 Å². The second kappa shape index (κ2) is 6.25. The van der Waals surface area contributed by atoms with E-state index in [9.17, 15) is 9.59 Å². The van der Waals surface area contributed by atoms with Gasteiger partial charge >= 0.3 is 0 Å². The summed E-state index contributed by atoms with van der Waals surface area (Å²) < 4.78 is 0. The molecule has 2 unspecified atom stereocenters. The molecule has 1 aromatic rings. The molecule has 112 valence electrons. The summed E-state index contributed by atoms with van der Waals surface area (Å²) in [5.41, 5.74) is 0.815. The topological polar surface area (TPSA) is 61.4 Å². The number of thioether (sulfide) groups is 1. The molecule has 0 aliphatic carbocycles. The van der Waals surface area contributed by atoms with E-state index in [2.05, 4.69) is 10.6 Å². The van der Waals surface area contributed by atoms with Gasteiger partial charge in [0.2, 0.25) is 11.8 Å². The van der Waals surface area contributed by atoms with Crippen molar-refractivity contribution in [2.45, 2.75) is 18.5 Å². The molecular weight excluding hydrogens is 310 g/mol. The van der Waals surface area contributed by atoms with Crippen LogP contribution in [0.4, 0.5) is 5.69 Å². The van der Waals surface area contributed by atoms with Gasteiger partial charge in [-0.25, -0.2) is 0 Å². The van der Waals surface area contributed by atoms with E-state index in [1.807, 2.05) is 12.1 Å². The molecule has 2 saturated heterocycles. The highest BCUT2D eigenvalue weighted by Gasteiger charge is 2.35. The summed E-state index contributed by atoms with van der Waals surface area (Å²) in [5.74, 6) is 1.40. The first-order valence-electron chi connectivity index (χ1n) is 6.83. The molecule has 2 amide bonds. The lowest BCUT2D eigenvalue weighted by atomic mass is 10.2. The number of hydrogen-bond donors (Lipinski definition) is 2. The second-order valence-electron chi connectivity index (χ2n) is 5.09. The van der Waals surface area contributed by atoms with E-state index >= 15 is 0 Å². The molecule has 2 heterocycles. The number of amides is 2. The van der Waals surface area contributed by atoms with Crippen molar-refractivity contribution < 1.29 is 9.59 Å². The molecule has 1 aromatic carbocycles. The van der Waals surface area contributed by atoms with Gasteiger partial charge in [0.25, 0.3) is 0 Å². The Morgan fingerprint density at radius 2 is 2.14 bits per heavy atom. The number of rotatable bonds is 3. The lowest BCUT2D eigenvalue weighted by molar-refractivity contribution is -0.127. The second-order valence-corrected chi connectivity index (χ2v) is 6.55. The largest absolute Gasteiger partial charge is 0.343 e. The van der Waals surface area contributed by atoms with Crippen molar-refractivity contribution in [2.24, 2.45) is 0 Å². The van der Waals surface area contributed by atoms with Crippen LogP contribution in [-0.2, 0) is 9.59 Å². The van der Waals surface area contributed by atoms with Crippen LogP contribution in [-0.4, -0.2) is 42.1 Å². The molecule has 2 atom stereocenters. The Morgan fingerprint density at radius 1 is 1.38 bits per heavy atom. The molecule has 2 N–H and O–H groups in total. The molecule has 0 radical (unpaired) electrons. The molecule has 0 bridgehead atoms. The minimum atomic E-state index is -0.430. The fourth-order valence-corrected chi connectivity index (χ4v) is 3.59. The highest BCUT2D eigenvalue weighted by Crippen LogP contribution is 2.23. The van der Waals surface area contributed by atoms with Crippen molar-refractivity contribution in [2.75, 3.05) is 23.1 Å². The molecular formula is C14H16ClN3O2S. The van der Waals surface area contributed by atoms with Gasteiger partial charge in [-0.05, 0) is 30.7 Å². The van der Waals surface area contributed by atoms with Crippen LogP contribution in [0, 0.1) is 0 Å². The first-order valence-corrected chi connectivity index (χ1v) is 8.37. The van der Waals surface area contributed by atoms with Crippen LogP contribution in [0.1, 0.15) is 6.42 Å². The fraction of sp³-hybridized carbons (Fsp3) is 0.429. The van der Waals surface area contributed by atoms with Crippen LogP contribution in [0.25, 0.3) is 0 Å². The SMILES string of the molecule is O=C(NC1CCN(c2ccc(Cl)cc2)C1=O)C1CSCN1. The van der Waals surface area contributed by atoms with Gasteiger partial charge in [-0.2, -0.15) is 0 Å². The van der Waals surface area contributed by atoms with E-state index in [4.69, 9.17) is 11.6 Å². The van der Waals surface area contributed by atoms with E-state index in [0.717, 1.165) is 17.3 Å². The van der Waals surface area contributed by atoms with Crippen molar-refractivity contribution in [3.63, 3.8) is 0 Å². The predicted molar refractivity (Wildman–Crippen MR) is 84.6 cm³/mol. The van der Waals surface area contributed by atoms with Crippen LogP contribution in [0.3, 0.4) is 0 Å². The van der Waals surface area contributed by atoms with Crippen molar-refractivity contribution in [1.82, 2.24) is 10.6 Å². The Hall–Kier alpha value is -1.24. The van der Waals surface area contributed by atoms with Gasteiger partial charge in [-0.1, -0.05) is 11.6 Å². The number of benzene rings is 1. The van der Waals surface area contributed by atoms with Crippen molar-refractivity contribution in [1.29, 1.82) is 0 Å². The van der Waals surface area contributed by atoms with E-state index in [-0.39, 0.29) is 17.9 Å². The Morgan fingerprint density at radius 3 is 2.81 bits per heavy atom. The average molecular weight is 326 g/mol. The summed E-state index contributed by atoms with van der Waals surface area (Å²) in [5, 5.41) is 6.59. The number of nitrogens with one attached hydrogen (secondary N) is 2. The maximum atomic E-state index is 12.4. The standard InChI is InChI=1S/C14H16ClN3O2S/c15-9-1-3-10(4-2-9)18-6-5-11(14(18)20)17-13(19)12-7-21-8-16-12/h1-4,11-12,16H,5-8H2,(H,17,19). The summed E-state index contributed by atoms with van der Waals surface area (Å²) in [6.07, 6.45) is 0.632. The number of carbonyl (C=O) groups excluding carboxylic acids is 2. The highest BCUT2D eigenvalue weighted by molar-refractivity contribution is 7.99. The highest BCUT2D eigenvalue weighted by atomic mass is 35.5. The summed E-state index contributed by atoms with van der Waals surface area (Å²) in [4.78, 5) is 26.1. The molecule has 21 heavy (non-hydrogen) atoms. The zero-order valence-corrected chi connectivity index (χ0v) is 12.9. The van der Waals surface area contributed by atoms with Gasteiger partial charge in [-0.3, -0.25) is 14.9 Å². The van der Waals surface area contributed by atoms with E-state index in [1.54, 1.807) is 28.8 Å². The zero-order valence-electron chi connectivity index (χ0n) is 11.3. The number of hydrogen-bond acceptors (Lipinski definition) is 4. The maximum Gasteiger partial charge on any atom is 0.249 e. The van der Waals surface area contributed by atoms with Crippen molar-refractivity contribution in [3.05, 3.63) is 29.3 Å². The third-order valence-corrected chi connectivity index (χ3v) is 4.88. The molecule has 2 fully saturated rings. The van der Waals surface area contributed by atoms with Gasteiger partial charge in [-0.15, -0.1) is 11.8 Å². The van der Waals surface area contributed by atoms with Gasteiger partial charge in [0, 0.05) is 28.9 Å². The average Bonchev–Trinajstić information content (AvgIpc) is 3.11. The van der Waals surface area contributed by atoms with Gasteiger partial charge in [0.1, 0.15) is 6.04 Å². The lowest BCUT2D eigenvalue weighted by Crippen LogP contribution is -2.49. The van der Waals surface area contributed by atoms with Crippen molar-refractivity contribution in [3.8, 4) is 0 Å². The van der Waals surface area contributed by atoms with Crippen LogP contribution in [0.15, 0.2) is 24.3 Å². The molecule has 0 saturated carbocycles. The van der Waals surface area contributed by atoms with Crippen molar-refractivity contribution >= 4 is 40.9 Å². The molecule has 3 rings (SSSR count). The number of nitrogens with zero attached hydrogens (tertiary/aromatic N) is 1. The smallest absolute Gasteiger partial charge is 0.249 e. The summed E-state index contributed by atoms with van der Waals surface area (Å²) in [7, 11) is 0. The van der Waals surface area contributed by atoms with E-state index in [0.29, 0.717) is 18.0 Å². The van der Waals surface area contributed by atoms with Crippen LogP contribution in [0.5, 0.6) is 0 Å².